The van der Waals surface area contributed by atoms with Crippen molar-refractivity contribution in [3.63, 3.8) is 0 Å². The summed E-state index contributed by atoms with van der Waals surface area (Å²) >= 11 is 0. The lowest BCUT2D eigenvalue weighted by Gasteiger charge is -2.36. The van der Waals surface area contributed by atoms with E-state index in [0.717, 1.165) is 0 Å². The molecule has 1 saturated carbocycles. The third-order valence-corrected chi connectivity index (χ3v) is 5.88. The van der Waals surface area contributed by atoms with Gasteiger partial charge in [0.15, 0.2) is 0 Å². The van der Waals surface area contributed by atoms with E-state index in [9.17, 15) is 18.4 Å². The highest BCUT2D eigenvalue weighted by Crippen LogP contribution is 2.46. The number of nitrogens with one attached hydrogen (secondary N) is 1. The van der Waals surface area contributed by atoms with Gasteiger partial charge < -0.3 is 15.0 Å². The zero-order valence-corrected chi connectivity index (χ0v) is 14.3. The fourth-order valence-corrected chi connectivity index (χ4v) is 4.25. The molecule has 8 heteroatoms. The first-order valence-electron chi connectivity index (χ1n) is 8.87. The number of ether oxygens (including phenoxy) is 1. The predicted molar refractivity (Wildman–Crippen MR) is 87.5 cm³/mol. The van der Waals surface area contributed by atoms with Crippen molar-refractivity contribution in [3.8, 4) is 5.75 Å². The van der Waals surface area contributed by atoms with Crippen molar-refractivity contribution in [3.05, 3.63) is 24.5 Å². The van der Waals surface area contributed by atoms with E-state index in [1.54, 1.807) is 29.4 Å². The number of alkyl halides is 2. The minimum Gasteiger partial charge on any atom is -0.492 e. The van der Waals surface area contributed by atoms with Crippen LogP contribution in [0.4, 0.5) is 8.78 Å². The maximum atomic E-state index is 13.1. The van der Waals surface area contributed by atoms with Crippen LogP contribution in [0, 0.1) is 17.3 Å². The Labute approximate surface area is 149 Å². The van der Waals surface area contributed by atoms with Crippen LogP contribution >= 0.6 is 0 Å². The van der Waals surface area contributed by atoms with Gasteiger partial charge in [-0.1, -0.05) is 0 Å². The van der Waals surface area contributed by atoms with Gasteiger partial charge in [-0.3, -0.25) is 14.6 Å². The van der Waals surface area contributed by atoms with E-state index in [4.69, 9.17) is 4.74 Å². The Morgan fingerprint density at radius 3 is 2.92 bits per heavy atom. The Kier molecular flexibility index (Phi) is 4.08. The highest BCUT2D eigenvalue weighted by atomic mass is 19.3. The van der Waals surface area contributed by atoms with Crippen molar-refractivity contribution in [1.82, 2.24) is 15.2 Å². The van der Waals surface area contributed by atoms with Gasteiger partial charge in [-0.25, -0.2) is 8.78 Å². The van der Waals surface area contributed by atoms with Crippen molar-refractivity contribution >= 4 is 11.8 Å². The second-order valence-electron chi connectivity index (χ2n) is 7.53. The fraction of sp³-hybridized carbons (Fsp3) is 0.611. The van der Waals surface area contributed by atoms with Crippen LogP contribution in [0.2, 0.25) is 0 Å². The first-order chi connectivity index (χ1) is 12.4. The minimum absolute atomic E-state index is 0.0733. The lowest BCUT2D eigenvalue weighted by Crippen LogP contribution is -2.48. The van der Waals surface area contributed by atoms with Crippen LogP contribution in [-0.4, -0.2) is 53.9 Å². The molecule has 2 saturated heterocycles. The van der Waals surface area contributed by atoms with Crippen LogP contribution in [0.25, 0.3) is 0 Å². The summed E-state index contributed by atoms with van der Waals surface area (Å²) in [5.74, 6) is -3.11. The largest absolute Gasteiger partial charge is 0.492 e. The number of likely N-dealkylation sites (tertiary alicyclic amines) is 1. The molecule has 26 heavy (non-hydrogen) atoms. The molecule has 1 aliphatic carbocycles. The monoisotopic (exact) mass is 365 g/mol. The van der Waals surface area contributed by atoms with Crippen LogP contribution in [-0.2, 0) is 9.59 Å². The molecule has 1 aromatic rings. The number of hydrogen-bond donors (Lipinski definition) is 1. The number of carbonyl (C=O) groups is 2. The molecule has 3 heterocycles. The van der Waals surface area contributed by atoms with Crippen molar-refractivity contribution in [2.75, 3.05) is 26.2 Å². The molecule has 6 nitrogen and oxygen atoms in total. The number of hydrogen-bond acceptors (Lipinski definition) is 4. The van der Waals surface area contributed by atoms with Gasteiger partial charge in [0.1, 0.15) is 5.75 Å². The van der Waals surface area contributed by atoms with Crippen LogP contribution in [0.1, 0.15) is 19.3 Å². The smallest absolute Gasteiger partial charge is 0.249 e. The second kappa shape index (κ2) is 6.17. The number of carbonyl (C=O) groups excluding carboxylic acids is 2. The summed E-state index contributed by atoms with van der Waals surface area (Å²) < 4.78 is 31.9. The van der Waals surface area contributed by atoms with Gasteiger partial charge in [0.25, 0.3) is 0 Å². The number of nitrogens with zero attached hydrogens (tertiary/aromatic N) is 2. The van der Waals surface area contributed by atoms with Crippen molar-refractivity contribution in [2.24, 2.45) is 17.3 Å². The van der Waals surface area contributed by atoms with Crippen LogP contribution in [0.5, 0.6) is 5.75 Å². The summed E-state index contributed by atoms with van der Waals surface area (Å²) in [5, 5.41) is 2.88. The van der Waals surface area contributed by atoms with Crippen LogP contribution < -0.4 is 10.1 Å². The van der Waals surface area contributed by atoms with Crippen LogP contribution in [0.15, 0.2) is 24.5 Å². The molecule has 1 aromatic heterocycles. The molecule has 2 atom stereocenters. The van der Waals surface area contributed by atoms with E-state index >= 15 is 0 Å². The van der Waals surface area contributed by atoms with Crippen molar-refractivity contribution in [2.45, 2.75) is 25.2 Å². The highest BCUT2D eigenvalue weighted by Gasteiger charge is 2.57. The summed E-state index contributed by atoms with van der Waals surface area (Å²) in [7, 11) is 0. The normalized spacial score (nSPS) is 30.3. The molecule has 3 aliphatic rings. The highest BCUT2D eigenvalue weighted by molar-refractivity contribution is 5.88. The maximum absolute atomic E-state index is 13.1. The SMILES string of the molecule is O=C(C1CC(F)(F)C1)N1CC[C@]2(C1)C(=O)NC[C@@H]2COc1cccnc1. The molecule has 0 unspecified atom stereocenters. The van der Waals surface area contributed by atoms with Crippen molar-refractivity contribution in [1.29, 1.82) is 0 Å². The Morgan fingerprint density at radius 1 is 1.42 bits per heavy atom. The molecule has 2 amide bonds. The van der Waals surface area contributed by atoms with Gasteiger partial charge in [0.2, 0.25) is 17.7 Å². The number of rotatable bonds is 4. The number of pyridine rings is 1. The third-order valence-electron chi connectivity index (χ3n) is 5.88. The first-order valence-corrected chi connectivity index (χ1v) is 8.87. The molecule has 3 fully saturated rings. The third kappa shape index (κ3) is 2.91. The quantitative estimate of drug-likeness (QED) is 0.877. The second-order valence-corrected chi connectivity index (χ2v) is 7.53. The molecular weight excluding hydrogens is 344 g/mol. The molecule has 1 spiro atoms. The topological polar surface area (TPSA) is 71.5 Å². The predicted octanol–water partition coefficient (Wildman–Crippen LogP) is 1.47. The summed E-state index contributed by atoms with van der Waals surface area (Å²) in [6.45, 7) is 1.54. The summed E-state index contributed by atoms with van der Waals surface area (Å²) in [6, 6.07) is 3.57. The summed E-state index contributed by atoms with van der Waals surface area (Å²) in [4.78, 5) is 30.6. The molecule has 4 rings (SSSR count). The molecule has 2 aliphatic heterocycles. The van der Waals surface area contributed by atoms with Crippen molar-refractivity contribution < 1.29 is 23.1 Å². The molecule has 0 bridgehead atoms. The standard InChI is InChI=1S/C18H21F2N3O3/c19-18(20)6-12(7-18)15(24)23-5-3-17(11-23)13(8-22-16(17)25)10-26-14-2-1-4-21-9-14/h1-2,4,9,12-13H,3,5-8,10-11H2,(H,22,25)/t13-,17-/m1/s1. The van der Waals surface area contributed by atoms with E-state index in [2.05, 4.69) is 10.3 Å². The zero-order chi connectivity index (χ0) is 18.4. The molecule has 140 valence electrons. The molecule has 1 N–H and O–H groups in total. The van der Waals surface area contributed by atoms with Gasteiger partial charge in [0.05, 0.1) is 18.2 Å². The maximum Gasteiger partial charge on any atom is 0.249 e. The zero-order valence-electron chi connectivity index (χ0n) is 14.3. The first kappa shape index (κ1) is 17.2. The molecule has 0 radical (unpaired) electrons. The van der Waals surface area contributed by atoms with E-state index in [1.807, 2.05) is 0 Å². The number of aromatic nitrogens is 1. The summed E-state index contributed by atoms with van der Waals surface area (Å²) in [6.07, 6.45) is 3.04. The Hall–Kier alpha value is -2.25. The fourth-order valence-electron chi connectivity index (χ4n) is 4.25. The van der Waals surface area contributed by atoms with E-state index in [1.165, 1.54) is 0 Å². The van der Waals surface area contributed by atoms with E-state index in [0.29, 0.717) is 31.9 Å². The average molecular weight is 365 g/mol. The average Bonchev–Trinajstić information content (AvgIpc) is 3.18. The van der Waals surface area contributed by atoms with E-state index < -0.39 is 17.3 Å². The van der Waals surface area contributed by atoms with Gasteiger partial charge in [0, 0.05) is 50.5 Å². The molecule has 0 aromatic carbocycles. The Balaban J connectivity index is 1.41. The Bertz CT molecular complexity index is 707. The Morgan fingerprint density at radius 2 is 2.23 bits per heavy atom. The van der Waals surface area contributed by atoms with Gasteiger partial charge in [-0.2, -0.15) is 0 Å². The van der Waals surface area contributed by atoms with Crippen LogP contribution in [0.3, 0.4) is 0 Å². The lowest BCUT2D eigenvalue weighted by atomic mass is 9.77. The van der Waals surface area contributed by atoms with Gasteiger partial charge >= 0.3 is 0 Å². The minimum atomic E-state index is -2.72. The van der Waals surface area contributed by atoms with Gasteiger partial charge in [-0.15, -0.1) is 0 Å². The number of halogens is 2. The van der Waals surface area contributed by atoms with E-state index in [-0.39, 0.29) is 37.1 Å². The molecular formula is C18H21F2N3O3. The summed E-state index contributed by atoms with van der Waals surface area (Å²) in [5.41, 5.74) is -0.690. The van der Waals surface area contributed by atoms with Gasteiger partial charge in [-0.05, 0) is 18.6 Å². The lowest BCUT2D eigenvalue weighted by molar-refractivity contribution is -0.159. The number of amides is 2.